The molecule has 0 spiro atoms. The van der Waals surface area contributed by atoms with Gasteiger partial charge in [0.2, 0.25) is 5.91 Å². The van der Waals surface area contributed by atoms with Crippen LogP contribution in [0.25, 0.3) is 5.69 Å². The SMILES string of the molecule is COc1ccc(-n2c(C)c(C)c(C#N)c2NC(=O)CN2CCn3cccc3[C@@H]2C)cc1. The van der Waals surface area contributed by atoms with Crippen molar-refractivity contribution in [3.05, 3.63) is 65.1 Å². The van der Waals surface area contributed by atoms with Gasteiger partial charge < -0.3 is 14.6 Å². The van der Waals surface area contributed by atoms with Crippen LogP contribution in [-0.2, 0) is 11.3 Å². The third kappa shape index (κ3) is 3.71. The molecule has 1 aliphatic heterocycles. The Bertz CT molecular complexity index is 1150. The molecule has 2 aromatic heterocycles. The summed E-state index contributed by atoms with van der Waals surface area (Å²) in [4.78, 5) is 15.2. The molecule has 7 nitrogen and oxygen atoms in total. The summed E-state index contributed by atoms with van der Waals surface area (Å²) in [6, 6.07) is 14.1. The number of nitrogens with zero attached hydrogens (tertiary/aromatic N) is 4. The molecule has 0 bridgehead atoms. The largest absolute Gasteiger partial charge is 0.497 e. The summed E-state index contributed by atoms with van der Waals surface area (Å²) in [6.07, 6.45) is 2.08. The number of carbonyl (C=O) groups is 1. The molecule has 0 aliphatic carbocycles. The number of ether oxygens (including phenoxy) is 1. The van der Waals surface area contributed by atoms with Gasteiger partial charge in [0.05, 0.1) is 19.2 Å². The number of nitriles is 1. The van der Waals surface area contributed by atoms with E-state index in [1.165, 1.54) is 5.69 Å². The summed E-state index contributed by atoms with van der Waals surface area (Å²) in [7, 11) is 1.62. The van der Waals surface area contributed by atoms with Crippen LogP contribution in [-0.4, -0.2) is 40.1 Å². The van der Waals surface area contributed by atoms with E-state index in [0.717, 1.165) is 35.8 Å². The Morgan fingerprint density at radius 3 is 2.65 bits per heavy atom. The molecule has 31 heavy (non-hydrogen) atoms. The molecule has 0 unspecified atom stereocenters. The molecule has 7 heteroatoms. The van der Waals surface area contributed by atoms with Crippen molar-refractivity contribution in [3.8, 4) is 17.5 Å². The zero-order valence-corrected chi connectivity index (χ0v) is 18.3. The highest BCUT2D eigenvalue weighted by Crippen LogP contribution is 2.31. The van der Waals surface area contributed by atoms with Gasteiger partial charge in [-0.15, -0.1) is 0 Å². The lowest BCUT2D eigenvalue weighted by atomic mass is 10.1. The maximum absolute atomic E-state index is 13.0. The Kier molecular flexibility index (Phi) is 5.57. The van der Waals surface area contributed by atoms with E-state index in [2.05, 4.69) is 40.0 Å². The first kappa shape index (κ1) is 20.8. The Morgan fingerprint density at radius 1 is 1.23 bits per heavy atom. The van der Waals surface area contributed by atoms with Crippen molar-refractivity contribution in [2.75, 3.05) is 25.5 Å². The van der Waals surface area contributed by atoms with Crippen molar-refractivity contribution in [2.24, 2.45) is 0 Å². The maximum atomic E-state index is 13.0. The number of anilines is 1. The highest BCUT2D eigenvalue weighted by molar-refractivity contribution is 5.93. The number of rotatable bonds is 5. The third-order valence-corrected chi connectivity index (χ3v) is 6.23. The minimum absolute atomic E-state index is 0.129. The molecule has 1 aliphatic rings. The van der Waals surface area contributed by atoms with Gasteiger partial charge in [0, 0.05) is 42.4 Å². The first-order valence-corrected chi connectivity index (χ1v) is 10.4. The standard InChI is InChI=1S/C24H27N5O2/c1-16-17(2)29(19-7-9-20(31-4)10-8-19)24(21(16)14-25)26-23(30)15-28-13-12-27-11-5-6-22(27)18(28)3/h5-11,18H,12-13,15H2,1-4H3,(H,26,30)/t18-/m0/s1. The van der Waals surface area contributed by atoms with Gasteiger partial charge in [0.25, 0.3) is 0 Å². The van der Waals surface area contributed by atoms with Crippen LogP contribution >= 0.6 is 0 Å². The van der Waals surface area contributed by atoms with Crippen molar-refractivity contribution in [3.63, 3.8) is 0 Å². The molecule has 1 aromatic carbocycles. The minimum Gasteiger partial charge on any atom is -0.497 e. The molecule has 3 heterocycles. The van der Waals surface area contributed by atoms with Gasteiger partial charge in [0.15, 0.2) is 0 Å². The lowest BCUT2D eigenvalue weighted by Crippen LogP contribution is -2.41. The number of carbonyl (C=O) groups excluding carboxylic acids is 1. The van der Waals surface area contributed by atoms with Crippen LogP contribution in [0.1, 0.15) is 35.5 Å². The van der Waals surface area contributed by atoms with E-state index in [0.29, 0.717) is 11.4 Å². The average Bonchev–Trinajstić information content (AvgIpc) is 3.34. The fourth-order valence-electron chi connectivity index (χ4n) is 4.31. The monoisotopic (exact) mass is 417 g/mol. The van der Waals surface area contributed by atoms with E-state index in [4.69, 9.17) is 4.74 Å². The van der Waals surface area contributed by atoms with Crippen LogP contribution in [0.3, 0.4) is 0 Å². The zero-order chi connectivity index (χ0) is 22.1. The number of methoxy groups -OCH3 is 1. The minimum atomic E-state index is -0.129. The summed E-state index contributed by atoms with van der Waals surface area (Å²) >= 11 is 0. The Morgan fingerprint density at radius 2 is 1.97 bits per heavy atom. The van der Waals surface area contributed by atoms with Gasteiger partial charge in [-0.3, -0.25) is 14.3 Å². The predicted molar refractivity (Wildman–Crippen MR) is 120 cm³/mol. The van der Waals surface area contributed by atoms with Gasteiger partial charge >= 0.3 is 0 Å². The second-order valence-electron chi connectivity index (χ2n) is 7.90. The first-order valence-electron chi connectivity index (χ1n) is 10.4. The number of hydrogen-bond donors (Lipinski definition) is 1. The average molecular weight is 418 g/mol. The molecule has 0 fully saturated rings. The molecule has 4 rings (SSSR count). The number of benzene rings is 1. The second kappa shape index (κ2) is 8.32. The predicted octanol–water partition coefficient (Wildman–Crippen LogP) is 3.79. The molecular weight excluding hydrogens is 390 g/mol. The van der Waals surface area contributed by atoms with E-state index < -0.39 is 0 Å². The van der Waals surface area contributed by atoms with Crippen LogP contribution in [0.2, 0.25) is 0 Å². The van der Waals surface area contributed by atoms with E-state index in [9.17, 15) is 10.1 Å². The summed E-state index contributed by atoms with van der Waals surface area (Å²) in [5, 5.41) is 12.8. The number of nitrogens with one attached hydrogen (secondary N) is 1. The number of aromatic nitrogens is 2. The molecule has 0 saturated heterocycles. The normalized spacial score (nSPS) is 15.9. The summed E-state index contributed by atoms with van der Waals surface area (Å²) in [5.41, 5.74) is 4.34. The molecule has 0 saturated carbocycles. The van der Waals surface area contributed by atoms with Crippen molar-refractivity contribution in [1.82, 2.24) is 14.0 Å². The highest BCUT2D eigenvalue weighted by atomic mass is 16.5. The van der Waals surface area contributed by atoms with Crippen LogP contribution in [0.5, 0.6) is 5.75 Å². The Labute approximate surface area is 182 Å². The van der Waals surface area contributed by atoms with Gasteiger partial charge in [-0.2, -0.15) is 5.26 Å². The van der Waals surface area contributed by atoms with Gasteiger partial charge in [0.1, 0.15) is 17.6 Å². The van der Waals surface area contributed by atoms with Crippen molar-refractivity contribution < 1.29 is 9.53 Å². The molecule has 3 aromatic rings. The third-order valence-electron chi connectivity index (χ3n) is 6.23. The zero-order valence-electron chi connectivity index (χ0n) is 18.3. The smallest absolute Gasteiger partial charge is 0.239 e. The van der Waals surface area contributed by atoms with Crippen LogP contribution < -0.4 is 10.1 Å². The lowest BCUT2D eigenvalue weighted by molar-refractivity contribution is -0.118. The second-order valence-corrected chi connectivity index (χ2v) is 7.90. The van der Waals surface area contributed by atoms with E-state index in [1.54, 1.807) is 7.11 Å². The topological polar surface area (TPSA) is 75.2 Å². The van der Waals surface area contributed by atoms with Crippen LogP contribution in [0.4, 0.5) is 5.82 Å². The van der Waals surface area contributed by atoms with Crippen LogP contribution in [0, 0.1) is 25.2 Å². The van der Waals surface area contributed by atoms with E-state index in [-0.39, 0.29) is 18.5 Å². The van der Waals surface area contributed by atoms with Crippen molar-refractivity contribution in [2.45, 2.75) is 33.4 Å². The summed E-state index contributed by atoms with van der Waals surface area (Å²) in [6.45, 7) is 7.92. The van der Waals surface area contributed by atoms with Crippen LogP contribution in [0.15, 0.2) is 42.6 Å². The van der Waals surface area contributed by atoms with Crippen molar-refractivity contribution >= 4 is 11.7 Å². The molecule has 1 N–H and O–H groups in total. The maximum Gasteiger partial charge on any atom is 0.239 e. The van der Waals surface area contributed by atoms with Gasteiger partial charge in [-0.25, -0.2) is 0 Å². The first-order chi connectivity index (χ1) is 14.9. The Balaban J connectivity index is 1.61. The quantitative estimate of drug-likeness (QED) is 0.685. The van der Waals surface area contributed by atoms with Crippen molar-refractivity contribution in [1.29, 1.82) is 5.26 Å². The molecule has 1 amide bonds. The number of fused-ring (bicyclic) bond motifs is 1. The fraction of sp³-hybridized carbons (Fsp3) is 0.333. The Hall–Kier alpha value is -3.50. The lowest BCUT2D eigenvalue weighted by Gasteiger charge is -2.34. The molecule has 1 atom stereocenters. The van der Waals surface area contributed by atoms with Gasteiger partial charge in [-0.05, 0) is 62.7 Å². The van der Waals surface area contributed by atoms with E-state index in [1.807, 2.05) is 48.7 Å². The summed E-state index contributed by atoms with van der Waals surface area (Å²) in [5.74, 6) is 1.14. The number of hydrogen-bond acceptors (Lipinski definition) is 4. The highest BCUT2D eigenvalue weighted by Gasteiger charge is 2.26. The molecule has 0 radical (unpaired) electrons. The fourth-order valence-corrected chi connectivity index (χ4v) is 4.31. The molecular formula is C24H27N5O2. The van der Waals surface area contributed by atoms with E-state index >= 15 is 0 Å². The molecule has 160 valence electrons. The van der Waals surface area contributed by atoms with Gasteiger partial charge in [-0.1, -0.05) is 0 Å². The number of amides is 1. The summed E-state index contributed by atoms with van der Waals surface area (Å²) < 4.78 is 9.41.